The van der Waals surface area contributed by atoms with E-state index in [0.29, 0.717) is 0 Å². The number of unbranched alkanes of at least 4 members (excludes halogenated alkanes) is 10. The minimum absolute atomic E-state index is 1.32. The van der Waals surface area contributed by atoms with E-state index in [4.69, 9.17) is 0 Å². The topological polar surface area (TPSA) is 6.25 Å². The molecule has 2 aliphatic rings. The van der Waals surface area contributed by atoms with Crippen LogP contribution in [0.2, 0.25) is 12.1 Å². The van der Waals surface area contributed by atoms with Gasteiger partial charge in [-0.1, -0.05) is 121 Å². The number of aryl methyl sites for hydroxylation is 1. The number of fused-ring (bicyclic) bond motifs is 2. The molecule has 0 saturated heterocycles. The molecule has 0 unspecified atom stereocenters. The molecule has 0 atom stereocenters. The van der Waals surface area contributed by atoms with Crippen LogP contribution in [0, 0.1) is 6.92 Å². The van der Waals surface area contributed by atoms with Crippen molar-refractivity contribution in [3.05, 3.63) is 88.2 Å². The van der Waals surface area contributed by atoms with Crippen molar-refractivity contribution in [2.75, 3.05) is 33.1 Å². The van der Waals surface area contributed by atoms with Gasteiger partial charge in [-0.3, -0.25) is 0 Å². The van der Waals surface area contributed by atoms with E-state index in [0.717, 1.165) is 0 Å². The predicted molar refractivity (Wildman–Crippen MR) is 194 cm³/mol. The molecular weight excluding hydrogens is 537 g/mol. The summed E-state index contributed by atoms with van der Waals surface area (Å²) in [6.07, 6.45) is 23.8. The molecule has 4 rings (SSSR count). The summed E-state index contributed by atoms with van der Waals surface area (Å²) in [5.74, 6) is 0. The van der Waals surface area contributed by atoms with E-state index >= 15 is 0 Å². The average Bonchev–Trinajstić information content (AvgIpc) is 3.00. The Labute approximate surface area is 265 Å². The Kier molecular flexibility index (Phi) is 12.3. The van der Waals surface area contributed by atoms with Crippen molar-refractivity contribution in [1.82, 2.24) is 0 Å². The third kappa shape index (κ3) is 7.71. The van der Waals surface area contributed by atoms with E-state index in [9.17, 15) is 0 Å². The van der Waals surface area contributed by atoms with Gasteiger partial charge in [0, 0.05) is 31.9 Å². The lowest BCUT2D eigenvalue weighted by atomic mass is 9.87. The van der Waals surface area contributed by atoms with E-state index in [-0.39, 0.29) is 0 Å². The standard InChI is InChI=1S/C40H59N2Si/c1-8-10-12-14-16-20-28-43(29-21-17-15-13-11-9-2)38-30-33(41(4)5)24-26-36(38)40(35-23-19-18-22-32(35)3)37-27-25-34(42(6)7)31-39(37)43/h18-19,22-27,30-31H,8-17,20-21,28-29H2,1-7H3/q+1. The molecule has 1 aliphatic heterocycles. The summed E-state index contributed by atoms with van der Waals surface area (Å²) in [6.45, 7) is 6.94. The molecule has 0 N–H and O–H groups in total. The lowest BCUT2D eigenvalue weighted by molar-refractivity contribution is -0.462. The quantitative estimate of drug-likeness (QED) is 0.106. The van der Waals surface area contributed by atoms with E-state index in [1.54, 1.807) is 10.4 Å². The van der Waals surface area contributed by atoms with Crippen molar-refractivity contribution < 1.29 is 4.58 Å². The summed E-state index contributed by atoms with van der Waals surface area (Å²) in [4.78, 5) is 2.31. The number of benzene rings is 2. The van der Waals surface area contributed by atoms with Crippen LogP contribution in [0.4, 0.5) is 5.69 Å². The van der Waals surface area contributed by atoms with Gasteiger partial charge in [0.05, 0.1) is 0 Å². The summed E-state index contributed by atoms with van der Waals surface area (Å²) in [5.41, 5.74) is 9.91. The van der Waals surface area contributed by atoms with Gasteiger partial charge in [-0.25, -0.2) is 4.58 Å². The number of rotatable bonds is 16. The Hall–Kier alpha value is -2.65. The van der Waals surface area contributed by atoms with Crippen LogP contribution in [-0.2, 0) is 0 Å². The van der Waals surface area contributed by atoms with Gasteiger partial charge in [-0.2, -0.15) is 0 Å². The zero-order chi connectivity index (χ0) is 30.8. The largest absolute Gasteiger partial charge is 0.378 e. The zero-order valence-corrected chi connectivity index (χ0v) is 29.6. The number of allylic oxidation sites excluding steroid dienone is 5. The molecule has 0 amide bonds. The van der Waals surface area contributed by atoms with Gasteiger partial charge >= 0.3 is 0 Å². The first-order chi connectivity index (χ1) is 20.8. The van der Waals surface area contributed by atoms with Crippen molar-refractivity contribution in [2.24, 2.45) is 0 Å². The van der Waals surface area contributed by atoms with Crippen LogP contribution in [0.15, 0.2) is 71.5 Å². The lowest BCUT2D eigenvalue weighted by Gasteiger charge is -2.43. The molecule has 0 radical (unpaired) electrons. The Bertz CT molecular complexity index is 1340. The van der Waals surface area contributed by atoms with Crippen molar-refractivity contribution in [3.63, 3.8) is 0 Å². The van der Waals surface area contributed by atoms with Crippen molar-refractivity contribution in [2.45, 2.75) is 110 Å². The molecule has 0 fully saturated rings. The molecule has 3 heteroatoms. The first kappa shape index (κ1) is 33.2. The van der Waals surface area contributed by atoms with Crippen molar-refractivity contribution >= 4 is 30.2 Å². The van der Waals surface area contributed by atoms with Crippen LogP contribution < -0.4 is 10.1 Å². The number of anilines is 1. The van der Waals surface area contributed by atoms with Crippen LogP contribution in [0.3, 0.4) is 0 Å². The van der Waals surface area contributed by atoms with Gasteiger partial charge in [0.15, 0.2) is 5.71 Å². The van der Waals surface area contributed by atoms with E-state index in [1.165, 1.54) is 128 Å². The molecule has 1 aliphatic carbocycles. The SMILES string of the molecule is CCCCCCCC[Si]1(CCCCCCCC)C2=CC(=[N+](C)C)C=CC2=C(c2ccccc2C)c2ccc(N(C)C)cc21. The summed E-state index contributed by atoms with van der Waals surface area (Å²) in [7, 11) is 6.75. The average molecular weight is 596 g/mol. The molecule has 2 nitrogen and oxygen atoms in total. The monoisotopic (exact) mass is 595 g/mol. The molecule has 1 heterocycles. The fourth-order valence-corrected chi connectivity index (χ4v) is 13.0. The number of hydrogen-bond acceptors (Lipinski definition) is 1. The van der Waals surface area contributed by atoms with Crippen LogP contribution >= 0.6 is 0 Å². The second-order valence-electron chi connectivity index (χ2n) is 13.6. The van der Waals surface area contributed by atoms with Crippen LogP contribution in [-0.4, -0.2) is 46.6 Å². The maximum absolute atomic E-state index is 2.62. The molecule has 0 aromatic heterocycles. The van der Waals surface area contributed by atoms with Gasteiger partial charge in [-0.15, -0.1) is 0 Å². The minimum atomic E-state index is -2.08. The smallest absolute Gasteiger partial charge is 0.199 e. The molecule has 0 bridgehead atoms. The van der Waals surface area contributed by atoms with E-state index in [1.807, 2.05) is 0 Å². The van der Waals surface area contributed by atoms with Crippen molar-refractivity contribution in [3.8, 4) is 0 Å². The lowest BCUT2D eigenvalue weighted by Crippen LogP contribution is -2.54. The van der Waals surface area contributed by atoms with Crippen LogP contribution in [0.5, 0.6) is 0 Å². The first-order valence-corrected chi connectivity index (χ1v) is 19.8. The Balaban J connectivity index is 1.92. The van der Waals surface area contributed by atoms with Gasteiger partial charge in [0.25, 0.3) is 0 Å². The summed E-state index contributed by atoms with van der Waals surface area (Å²) >= 11 is 0. The number of hydrogen-bond donors (Lipinski definition) is 0. The Morgan fingerprint density at radius 1 is 0.698 bits per heavy atom. The summed E-state index contributed by atoms with van der Waals surface area (Å²) < 4.78 is 2.31. The molecular formula is C40H59N2Si+. The minimum Gasteiger partial charge on any atom is -0.378 e. The highest BCUT2D eigenvalue weighted by atomic mass is 28.3. The maximum Gasteiger partial charge on any atom is 0.199 e. The summed E-state index contributed by atoms with van der Waals surface area (Å²) in [6, 6.07) is 19.3. The van der Waals surface area contributed by atoms with Gasteiger partial charge in [0.2, 0.25) is 0 Å². The second-order valence-corrected chi connectivity index (χ2v) is 17.8. The fraction of sp³-hybridized carbons (Fsp3) is 0.525. The maximum atomic E-state index is 2.62. The third-order valence-corrected chi connectivity index (χ3v) is 15.2. The first-order valence-electron chi connectivity index (χ1n) is 17.4. The highest BCUT2D eigenvalue weighted by molar-refractivity contribution is 6.99. The van der Waals surface area contributed by atoms with Crippen molar-refractivity contribution in [1.29, 1.82) is 0 Å². The molecule has 0 spiro atoms. The van der Waals surface area contributed by atoms with Gasteiger partial charge < -0.3 is 4.90 Å². The van der Waals surface area contributed by atoms with E-state index < -0.39 is 8.07 Å². The molecule has 43 heavy (non-hydrogen) atoms. The normalized spacial score (nSPS) is 15.3. The van der Waals surface area contributed by atoms with Gasteiger partial charge in [0.1, 0.15) is 22.2 Å². The molecule has 232 valence electrons. The zero-order valence-electron chi connectivity index (χ0n) is 28.6. The highest BCUT2D eigenvalue weighted by Gasteiger charge is 2.46. The summed E-state index contributed by atoms with van der Waals surface area (Å²) in [5, 5.41) is 3.39. The second kappa shape index (κ2) is 15.9. The Morgan fingerprint density at radius 3 is 1.88 bits per heavy atom. The fourth-order valence-electron chi connectivity index (χ4n) is 7.36. The predicted octanol–water partition coefficient (Wildman–Crippen LogP) is 10.0. The van der Waals surface area contributed by atoms with Gasteiger partial charge in [-0.05, 0) is 75.4 Å². The molecule has 2 aromatic carbocycles. The Morgan fingerprint density at radius 2 is 1.30 bits per heavy atom. The van der Waals surface area contributed by atoms with Crippen LogP contribution in [0.1, 0.15) is 108 Å². The number of nitrogens with zero attached hydrogens (tertiary/aromatic N) is 2. The van der Waals surface area contributed by atoms with Crippen LogP contribution in [0.25, 0.3) is 5.57 Å². The third-order valence-electron chi connectivity index (χ3n) is 9.94. The molecule has 2 aromatic rings. The highest BCUT2D eigenvalue weighted by Crippen LogP contribution is 2.46. The van der Waals surface area contributed by atoms with E-state index in [2.05, 4.69) is 119 Å². The molecule has 0 saturated carbocycles.